The molecule has 0 aromatic heterocycles. The quantitative estimate of drug-likeness (QED) is 0.638. The number of carbonyl (C=O) groups is 1. The van der Waals surface area contributed by atoms with Gasteiger partial charge in [0.15, 0.2) is 5.17 Å². The van der Waals surface area contributed by atoms with Gasteiger partial charge in [0.1, 0.15) is 0 Å². The number of carbonyl (C=O) groups excluding carboxylic acids is 1. The second-order valence-corrected chi connectivity index (χ2v) is 12.3. The van der Waals surface area contributed by atoms with Gasteiger partial charge >= 0.3 is 0 Å². The smallest absolute Gasteiger partial charge is 0.257 e. The number of piperazine rings is 1. The molecule has 5 rings (SSSR count). The van der Waals surface area contributed by atoms with Gasteiger partial charge in [-0.15, -0.1) is 4.40 Å². The van der Waals surface area contributed by atoms with Crippen LogP contribution in [0, 0.1) is 0 Å². The molecule has 0 bridgehead atoms. The van der Waals surface area contributed by atoms with E-state index in [2.05, 4.69) is 4.40 Å². The summed E-state index contributed by atoms with van der Waals surface area (Å²) in [5.41, 5.74) is 1.33. The normalized spacial score (nSPS) is 20.4. The van der Waals surface area contributed by atoms with Gasteiger partial charge in [-0.3, -0.25) is 4.79 Å². The Bertz CT molecular complexity index is 1320. The highest BCUT2D eigenvalue weighted by Crippen LogP contribution is 2.42. The number of thioether (sulfide) groups is 1. The summed E-state index contributed by atoms with van der Waals surface area (Å²) in [4.78, 5) is 17.6. The first-order valence-electron chi connectivity index (χ1n) is 10.0. The van der Waals surface area contributed by atoms with Crippen LogP contribution in [0.1, 0.15) is 10.4 Å². The predicted octanol–water partition coefficient (Wildman–Crippen LogP) is 1.44. The van der Waals surface area contributed by atoms with Gasteiger partial charge in [0.05, 0.1) is 16.3 Å². The van der Waals surface area contributed by atoms with Gasteiger partial charge in [-0.2, -0.15) is 4.31 Å². The third-order valence-electron chi connectivity index (χ3n) is 5.63. The van der Waals surface area contributed by atoms with Gasteiger partial charge in [-0.25, -0.2) is 16.8 Å². The molecule has 2 aromatic carbocycles. The lowest BCUT2D eigenvalue weighted by Crippen LogP contribution is -2.50. The monoisotopic (exact) mass is 492 g/mol. The fourth-order valence-electron chi connectivity index (χ4n) is 3.92. The van der Waals surface area contributed by atoms with Gasteiger partial charge in [-0.1, -0.05) is 18.2 Å². The lowest BCUT2D eigenvalue weighted by Gasteiger charge is -2.34. The Balaban J connectivity index is 1.29. The van der Waals surface area contributed by atoms with E-state index < -0.39 is 20.0 Å². The number of hydrogen-bond donors (Lipinski definition) is 0. The molecule has 32 heavy (non-hydrogen) atoms. The molecule has 0 atom stereocenters. The molecule has 2 aromatic rings. The Morgan fingerprint density at radius 1 is 0.969 bits per heavy atom. The molecule has 12 heteroatoms. The van der Waals surface area contributed by atoms with Crippen molar-refractivity contribution >= 4 is 48.6 Å². The van der Waals surface area contributed by atoms with Crippen LogP contribution in [0.15, 0.2) is 62.7 Å². The Labute approximate surface area is 190 Å². The number of rotatable bonds is 3. The highest BCUT2D eigenvalue weighted by atomic mass is 32.2. The lowest BCUT2D eigenvalue weighted by atomic mass is 10.1. The summed E-state index contributed by atoms with van der Waals surface area (Å²) in [5.74, 6) is -0.211. The van der Waals surface area contributed by atoms with Crippen molar-refractivity contribution < 1.29 is 21.6 Å². The molecular formula is C20H20N4O5S3. The molecule has 0 aliphatic carbocycles. The highest BCUT2D eigenvalue weighted by Gasteiger charge is 2.34. The summed E-state index contributed by atoms with van der Waals surface area (Å²) in [6.45, 7) is 1.39. The van der Waals surface area contributed by atoms with E-state index in [9.17, 15) is 21.6 Å². The topological polar surface area (TPSA) is 107 Å². The number of amidine groups is 1. The van der Waals surface area contributed by atoms with E-state index in [-0.39, 0.29) is 29.6 Å². The third kappa shape index (κ3) is 3.81. The van der Waals surface area contributed by atoms with E-state index in [1.165, 1.54) is 16.1 Å². The minimum Gasteiger partial charge on any atom is -0.336 e. The average molecular weight is 493 g/mol. The molecule has 0 unspecified atom stereocenters. The van der Waals surface area contributed by atoms with Crippen LogP contribution in [0.5, 0.6) is 0 Å². The molecule has 1 amide bonds. The minimum absolute atomic E-state index is 0.0344. The molecule has 168 valence electrons. The van der Waals surface area contributed by atoms with Crippen molar-refractivity contribution in [2.24, 2.45) is 4.40 Å². The number of hydrogen-bond acceptors (Lipinski definition) is 7. The zero-order valence-corrected chi connectivity index (χ0v) is 19.4. The zero-order valence-electron chi connectivity index (χ0n) is 16.9. The molecule has 3 heterocycles. The standard InChI is InChI=1S/C20H20N4O5S3/c25-19(22-8-10-23(11-9-22)32(28,29)16-4-2-1-3-5-16)15-6-7-17-18(14-15)30-20-21-31(26,27)13-12-24(17)20/h1-7,14H,8-13H2. The molecular weight excluding hydrogens is 472 g/mol. The minimum atomic E-state index is -3.58. The Morgan fingerprint density at radius 3 is 2.41 bits per heavy atom. The summed E-state index contributed by atoms with van der Waals surface area (Å²) < 4.78 is 54.4. The van der Waals surface area contributed by atoms with Gasteiger partial charge in [-0.05, 0) is 42.1 Å². The first-order chi connectivity index (χ1) is 15.2. The molecule has 0 spiro atoms. The van der Waals surface area contributed by atoms with Crippen molar-refractivity contribution in [3.8, 4) is 0 Å². The summed E-state index contributed by atoms with van der Waals surface area (Å²) >= 11 is 1.24. The first kappa shape index (κ1) is 21.4. The van der Waals surface area contributed by atoms with Crippen molar-refractivity contribution in [3.63, 3.8) is 0 Å². The Kier molecular flexibility index (Phi) is 5.27. The molecule has 0 radical (unpaired) electrons. The van der Waals surface area contributed by atoms with Crippen molar-refractivity contribution in [1.82, 2.24) is 9.21 Å². The maximum atomic E-state index is 13.1. The first-order valence-corrected chi connectivity index (χ1v) is 13.9. The van der Waals surface area contributed by atoms with E-state index in [0.717, 1.165) is 10.6 Å². The van der Waals surface area contributed by atoms with E-state index >= 15 is 0 Å². The van der Waals surface area contributed by atoms with E-state index in [0.29, 0.717) is 30.4 Å². The van der Waals surface area contributed by atoms with E-state index in [1.807, 2.05) is 11.0 Å². The lowest BCUT2D eigenvalue weighted by molar-refractivity contribution is 0.0697. The van der Waals surface area contributed by atoms with Crippen molar-refractivity contribution in [1.29, 1.82) is 0 Å². The van der Waals surface area contributed by atoms with Crippen LogP contribution in [0.25, 0.3) is 0 Å². The van der Waals surface area contributed by atoms with Crippen LogP contribution in [0.4, 0.5) is 5.69 Å². The van der Waals surface area contributed by atoms with E-state index in [1.54, 1.807) is 47.4 Å². The number of sulfonamides is 2. The summed E-state index contributed by atoms with van der Waals surface area (Å²) in [6.07, 6.45) is 0. The summed E-state index contributed by atoms with van der Waals surface area (Å²) in [7, 11) is -7.02. The highest BCUT2D eigenvalue weighted by molar-refractivity contribution is 8.15. The van der Waals surface area contributed by atoms with Gasteiger partial charge in [0.2, 0.25) is 10.0 Å². The SMILES string of the molecule is O=C(c1ccc2c(c1)SC1=NS(=O)(=O)CCN12)N1CCN(S(=O)(=O)c2ccccc2)CC1. The van der Waals surface area contributed by atoms with Crippen LogP contribution in [0.2, 0.25) is 0 Å². The second kappa shape index (κ2) is 7.87. The number of amides is 1. The van der Waals surface area contributed by atoms with Crippen LogP contribution >= 0.6 is 11.8 Å². The fraction of sp³-hybridized carbons (Fsp3) is 0.300. The van der Waals surface area contributed by atoms with Crippen LogP contribution in [0.3, 0.4) is 0 Å². The van der Waals surface area contributed by atoms with Crippen LogP contribution < -0.4 is 4.90 Å². The van der Waals surface area contributed by atoms with Gasteiger partial charge < -0.3 is 9.80 Å². The molecule has 3 aliphatic rings. The van der Waals surface area contributed by atoms with Crippen molar-refractivity contribution in [3.05, 3.63) is 54.1 Å². The number of anilines is 1. The molecule has 3 aliphatic heterocycles. The van der Waals surface area contributed by atoms with Gasteiger partial charge in [0, 0.05) is 43.2 Å². The maximum Gasteiger partial charge on any atom is 0.257 e. The molecule has 9 nitrogen and oxygen atoms in total. The molecule has 0 saturated carbocycles. The van der Waals surface area contributed by atoms with Crippen LogP contribution in [-0.4, -0.2) is 75.6 Å². The van der Waals surface area contributed by atoms with Crippen LogP contribution in [-0.2, 0) is 20.0 Å². The third-order valence-corrected chi connectivity index (χ3v) is 9.85. The van der Waals surface area contributed by atoms with Crippen molar-refractivity contribution in [2.75, 3.05) is 43.4 Å². The Hall–Kier alpha value is -2.41. The Morgan fingerprint density at radius 2 is 1.69 bits per heavy atom. The summed E-state index contributed by atoms with van der Waals surface area (Å²) in [5, 5.41) is 0.413. The molecule has 0 N–H and O–H groups in total. The summed E-state index contributed by atoms with van der Waals surface area (Å²) in [6, 6.07) is 13.6. The number of fused-ring (bicyclic) bond motifs is 3. The zero-order chi connectivity index (χ0) is 22.5. The predicted molar refractivity (Wildman–Crippen MR) is 122 cm³/mol. The second-order valence-electron chi connectivity index (χ2n) is 7.61. The fourth-order valence-corrected chi connectivity index (χ4v) is 7.66. The van der Waals surface area contributed by atoms with E-state index in [4.69, 9.17) is 0 Å². The number of nitrogens with zero attached hydrogens (tertiary/aromatic N) is 4. The molecule has 1 fully saturated rings. The largest absolute Gasteiger partial charge is 0.336 e. The average Bonchev–Trinajstić information content (AvgIpc) is 3.14. The van der Waals surface area contributed by atoms with Crippen molar-refractivity contribution in [2.45, 2.75) is 9.79 Å². The molecule has 1 saturated heterocycles. The van der Waals surface area contributed by atoms with Gasteiger partial charge in [0.25, 0.3) is 15.9 Å². The maximum absolute atomic E-state index is 13.1. The number of benzene rings is 2.